The molecule has 1 atom stereocenters. The first-order valence-corrected chi connectivity index (χ1v) is 8.89. The van der Waals surface area contributed by atoms with Gasteiger partial charge >= 0.3 is 0 Å². The van der Waals surface area contributed by atoms with Crippen molar-refractivity contribution in [2.45, 2.75) is 20.0 Å². The second-order valence-electron chi connectivity index (χ2n) is 5.71. The summed E-state index contributed by atoms with van der Waals surface area (Å²) in [6.07, 6.45) is -0.648. The highest BCUT2D eigenvalue weighted by atomic mass is 32.1. The Kier molecular flexibility index (Phi) is 5.48. The Morgan fingerprint density at radius 2 is 1.88 bits per heavy atom. The Morgan fingerprint density at radius 3 is 2.58 bits per heavy atom. The first-order chi connectivity index (χ1) is 12.5. The van der Waals surface area contributed by atoms with Gasteiger partial charge in [-0.05, 0) is 55.8 Å². The van der Waals surface area contributed by atoms with Crippen LogP contribution in [0.2, 0.25) is 0 Å². The van der Waals surface area contributed by atoms with Crippen LogP contribution in [0.5, 0.6) is 11.5 Å². The molecule has 2 aromatic carbocycles. The van der Waals surface area contributed by atoms with Gasteiger partial charge < -0.3 is 9.47 Å². The topological polar surface area (TPSA) is 73.3 Å². The fraction of sp³-hybridized carbons (Fsp3) is 0.211. The SMILES string of the molecule is COc1ccc(-c2nnc(NC(=O)[C@@H](C)Oc3cccc(C)c3)s2)cc1. The number of nitrogens with zero attached hydrogens (tertiary/aromatic N) is 2. The van der Waals surface area contributed by atoms with Gasteiger partial charge in [0.05, 0.1) is 7.11 Å². The van der Waals surface area contributed by atoms with Crippen LogP contribution in [0.1, 0.15) is 12.5 Å². The molecule has 0 saturated heterocycles. The molecule has 0 saturated carbocycles. The lowest BCUT2D eigenvalue weighted by Gasteiger charge is -2.13. The predicted molar refractivity (Wildman–Crippen MR) is 102 cm³/mol. The molecule has 0 aliphatic heterocycles. The summed E-state index contributed by atoms with van der Waals surface area (Å²) in [6, 6.07) is 15.1. The van der Waals surface area contributed by atoms with Crippen molar-refractivity contribution in [3.63, 3.8) is 0 Å². The number of methoxy groups -OCH3 is 1. The van der Waals surface area contributed by atoms with Gasteiger partial charge in [-0.25, -0.2) is 0 Å². The van der Waals surface area contributed by atoms with E-state index in [0.717, 1.165) is 21.9 Å². The number of anilines is 1. The Labute approximate surface area is 155 Å². The molecule has 0 aliphatic carbocycles. The molecule has 0 radical (unpaired) electrons. The van der Waals surface area contributed by atoms with Gasteiger partial charge in [-0.3, -0.25) is 10.1 Å². The molecule has 0 bridgehead atoms. The zero-order valence-corrected chi connectivity index (χ0v) is 15.5. The molecule has 0 spiro atoms. The van der Waals surface area contributed by atoms with Crippen molar-refractivity contribution in [2.24, 2.45) is 0 Å². The first-order valence-electron chi connectivity index (χ1n) is 8.07. The van der Waals surface area contributed by atoms with E-state index in [9.17, 15) is 4.79 Å². The molecule has 3 aromatic rings. The van der Waals surface area contributed by atoms with Gasteiger partial charge in [0.1, 0.15) is 16.5 Å². The summed E-state index contributed by atoms with van der Waals surface area (Å²) < 4.78 is 10.8. The minimum absolute atomic E-state index is 0.274. The van der Waals surface area contributed by atoms with E-state index in [2.05, 4.69) is 15.5 Å². The number of carbonyl (C=O) groups excluding carboxylic acids is 1. The van der Waals surface area contributed by atoms with E-state index >= 15 is 0 Å². The van der Waals surface area contributed by atoms with Crippen molar-refractivity contribution in [3.05, 3.63) is 54.1 Å². The third-order valence-corrected chi connectivity index (χ3v) is 4.55. The number of rotatable bonds is 6. The summed E-state index contributed by atoms with van der Waals surface area (Å²) in [7, 11) is 1.62. The van der Waals surface area contributed by atoms with Crippen LogP contribution >= 0.6 is 11.3 Å². The zero-order chi connectivity index (χ0) is 18.5. The number of ether oxygens (including phenoxy) is 2. The van der Waals surface area contributed by atoms with Crippen LogP contribution in [0.4, 0.5) is 5.13 Å². The van der Waals surface area contributed by atoms with Crippen molar-refractivity contribution >= 4 is 22.4 Å². The summed E-state index contributed by atoms with van der Waals surface area (Å²) in [5.74, 6) is 1.15. The highest BCUT2D eigenvalue weighted by Gasteiger charge is 2.17. The van der Waals surface area contributed by atoms with Gasteiger partial charge in [-0.15, -0.1) is 10.2 Å². The van der Waals surface area contributed by atoms with Crippen LogP contribution < -0.4 is 14.8 Å². The molecule has 1 N–H and O–H groups in total. The Balaban J connectivity index is 1.63. The van der Waals surface area contributed by atoms with E-state index in [-0.39, 0.29) is 5.91 Å². The van der Waals surface area contributed by atoms with Crippen molar-refractivity contribution < 1.29 is 14.3 Å². The lowest BCUT2D eigenvalue weighted by molar-refractivity contribution is -0.122. The number of nitrogens with one attached hydrogen (secondary N) is 1. The first kappa shape index (κ1) is 17.9. The number of hydrogen-bond donors (Lipinski definition) is 1. The predicted octanol–water partition coefficient (Wildman–Crippen LogP) is 3.93. The van der Waals surface area contributed by atoms with Crippen molar-refractivity contribution in [3.8, 4) is 22.1 Å². The zero-order valence-electron chi connectivity index (χ0n) is 14.7. The normalized spacial score (nSPS) is 11.7. The summed E-state index contributed by atoms with van der Waals surface area (Å²) in [4.78, 5) is 12.3. The minimum Gasteiger partial charge on any atom is -0.497 e. The molecule has 0 aliphatic rings. The van der Waals surface area contributed by atoms with Crippen LogP contribution in [0.3, 0.4) is 0 Å². The lowest BCUT2D eigenvalue weighted by Crippen LogP contribution is -2.30. The molecule has 3 rings (SSSR count). The molecule has 1 amide bonds. The average Bonchev–Trinajstić information content (AvgIpc) is 3.10. The number of hydrogen-bond acceptors (Lipinski definition) is 6. The highest BCUT2D eigenvalue weighted by molar-refractivity contribution is 7.18. The second kappa shape index (κ2) is 7.97. The number of aromatic nitrogens is 2. The molecule has 0 unspecified atom stereocenters. The maximum absolute atomic E-state index is 12.3. The van der Waals surface area contributed by atoms with Crippen molar-refractivity contribution in [1.29, 1.82) is 0 Å². The van der Waals surface area contributed by atoms with Gasteiger partial charge in [-0.2, -0.15) is 0 Å². The molecule has 6 nitrogen and oxygen atoms in total. The van der Waals surface area contributed by atoms with Crippen LogP contribution in [-0.4, -0.2) is 29.3 Å². The maximum atomic E-state index is 12.3. The molecule has 0 fully saturated rings. The largest absolute Gasteiger partial charge is 0.497 e. The standard InChI is InChI=1S/C19H19N3O3S/c1-12-5-4-6-16(11-12)25-13(2)17(23)20-19-22-21-18(26-19)14-7-9-15(24-3)10-8-14/h4-11,13H,1-3H3,(H,20,22,23)/t13-/m1/s1. The number of benzene rings is 2. The number of amides is 1. The van der Waals surface area contributed by atoms with Gasteiger partial charge in [-0.1, -0.05) is 23.5 Å². The van der Waals surface area contributed by atoms with E-state index < -0.39 is 6.10 Å². The smallest absolute Gasteiger partial charge is 0.266 e. The van der Waals surface area contributed by atoms with E-state index in [4.69, 9.17) is 9.47 Å². The summed E-state index contributed by atoms with van der Waals surface area (Å²) in [5, 5.41) is 12.0. The molecule has 1 heterocycles. The summed E-state index contributed by atoms with van der Waals surface area (Å²) >= 11 is 1.30. The highest BCUT2D eigenvalue weighted by Crippen LogP contribution is 2.28. The van der Waals surface area contributed by atoms with Gasteiger partial charge in [0.15, 0.2) is 6.10 Å². The number of aryl methyl sites for hydroxylation is 1. The summed E-state index contributed by atoms with van der Waals surface area (Å²) in [6.45, 7) is 3.67. The van der Waals surface area contributed by atoms with Crippen LogP contribution in [-0.2, 0) is 4.79 Å². The van der Waals surface area contributed by atoms with Crippen molar-refractivity contribution in [2.75, 3.05) is 12.4 Å². The van der Waals surface area contributed by atoms with E-state index in [1.807, 2.05) is 55.5 Å². The molecule has 7 heteroatoms. The van der Waals surface area contributed by atoms with Crippen molar-refractivity contribution in [1.82, 2.24) is 10.2 Å². The second-order valence-corrected chi connectivity index (χ2v) is 6.68. The van der Waals surface area contributed by atoms with E-state index in [1.165, 1.54) is 11.3 Å². The minimum atomic E-state index is -0.648. The monoisotopic (exact) mass is 369 g/mol. The van der Waals surface area contributed by atoms with Gasteiger partial charge in [0.2, 0.25) is 5.13 Å². The Bertz CT molecular complexity index is 893. The average molecular weight is 369 g/mol. The molecule has 134 valence electrons. The van der Waals surface area contributed by atoms with Crippen LogP contribution in [0.25, 0.3) is 10.6 Å². The number of carbonyl (C=O) groups is 1. The third-order valence-electron chi connectivity index (χ3n) is 3.66. The fourth-order valence-electron chi connectivity index (χ4n) is 2.28. The van der Waals surface area contributed by atoms with Gasteiger partial charge in [0.25, 0.3) is 5.91 Å². The van der Waals surface area contributed by atoms with Gasteiger partial charge in [0, 0.05) is 5.56 Å². The molecule has 1 aromatic heterocycles. The molecule has 26 heavy (non-hydrogen) atoms. The third kappa shape index (κ3) is 4.37. The van der Waals surface area contributed by atoms with E-state index in [0.29, 0.717) is 10.9 Å². The Morgan fingerprint density at radius 1 is 1.12 bits per heavy atom. The fourth-order valence-corrected chi connectivity index (χ4v) is 3.03. The van der Waals surface area contributed by atoms with Crippen LogP contribution in [0.15, 0.2) is 48.5 Å². The summed E-state index contributed by atoms with van der Waals surface area (Å²) in [5.41, 5.74) is 1.98. The quantitative estimate of drug-likeness (QED) is 0.713. The molecular formula is C19H19N3O3S. The lowest BCUT2D eigenvalue weighted by atomic mass is 10.2. The maximum Gasteiger partial charge on any atom is 0.266 e. The van der Waals surface area contributed by atoms with Crippen LogP contribution in [0, 0.1) is 6.92 Å². The Hall–Kier alpha value is -2.93. The van der Waals surface area contributed by atoms with E-state index in [1.54, 1.807) is 14.0 Å². The molecular weight excluding hydrogens is 350 g/mol.